The van der Waals surface area contributed by atoms with Crippen molar-refractivity contribution in [2.45, 2.75) is 0 Å². The quantitative estimate of drug-likeness (QED) is 0.716. The van der Waals surface area contributed by atoms with Gasteiger partial charge in [0.25, 0.3) is 5.91 Å². The first-order valence-electron chi connectivity index (χ1n) is 5.19. The fourth-order valence-corrected chi connectivity index (χ4v) is 2.21. The van der Waals surface area contributed by atoms with Crippen molar-refractivity contribution in [1.82, 2.24) is 0 Å². The van der Waals surface area contributed by atoms with E-state index >= 15 is 0 Å². The van der Waals surface area contributed by atoms with Crippen molar-refractivity contribution in [1.29, 1.82) is 0 Å². The van der Waals surface area contributed by atoms with Crippen LogP contribution in [0.2, 0.25) is 15.1 Å². The smallest absolute Gasteiger partial charge is 0.255 e. The number of carbonyl (C=O) groups excluding carboxylic acids is 1. The highest BCUT2D eigenvalue weighted by molar-refractivity contribution is 9.10. The summed E-state index contributed by atoms with van der Waals surface area (Å²) >= 11 is 21.1. The average molecular weight is 379 g/mol. The van der Waals surface area contributed by atoms with Crippen molar-refractivity contribution in [2.24, 2.45) is 0 Å². The Morgan fingerprint density at radius 2 is 1.79 bits per heavy atom. The number of rotatable bonds is 2. The maximum atomic E-state index is 12.1. The van der Waals surface area contributed by atoms with Gasteiger partial charge in [-0.15, -0.1) is 0 Å². The van der Waals surface area contributed by atoms with E-state index in [0.717, 1.165) is 4.47 Å². The number of hydrogen-bond acceptors (Lipinski definition) is 1. The summed E-state index contributed by atoms with van der Waals surface area (Å²) in [7, 11) is 0. The Labute approximate surface area is 133 Å². The molecule has 2 aromatic rings. The molecule has 98 valence electrons. The van der Waals surface area contributed by atoms with Crippen LogP contribution in [-0.4, -0.2) is 5.91 Å². The van der Waals surface area contributed by atoms with Crippen molar-refractivity contribution in [3.05, 3.63) is 61.5 Å². The molecule has 0 aliphatic rings. The third-order valence-corrected chi connectivity index (χ3v) is 4.43. The molecule has 0 aromatic heterocycles. The summed E-state index contributed by atoms with van der Waals surface area (Å²) in [6.07, 6.45) is 0. The van der Waals surface area contributed by atoms with E-state index in [4.69, 9.17) is 34.8 Å². The van der Waals surface area contributed by atoms with E-state index in [1.807, 2.05) is 0 Å². The number of hydrogen-bond donors (Lipinski definition) is 1. The van der Waals surface area contributed by atoms with Gasteiger partial charge >= 0.3 is 0 Å². The van der Waals surface area contributed by atoms with Crippen LogP contribution in [0.5, 0.6) is 0 Å². The van der Waals surface area contributed by atoms with E-state index < -0.39 is 0 Å². The predicted molar refractivity (Wildman–Crippen MR) is 83.6 cm³/mol. The molecule has 0 saturated carbocycles. The molecule has 0 aliphatic heterocycles. The number of benzene rings is 2. The van der Waals surface area contributed by atoms with Crippen molar-refractivity contribution >= 4 is 62.3 Å². The zero-order valence-corrected chi connectivity index (χ0v) is 13.2. The number of anilines is 1. The van der Waals surface area contributed by atoms with Crippen molar-refractivity contribution in [2.75, 3.05) is 5.32 Å². The van der Waals surface area contributed by atoms with Crippen LogP contribution in [0.4, 0.5) is 5.69 Å². The van der Waals surface area contributed by atoms with Crippen LogP contribution in [0.3, 0.4) is 0 Å². The van der Waals surface area contributed by atoms with Gasteiger partial charge in [-0.25, -0.2) is 0 Å². The largest absolute Gasteiger partial charge is 0.321 e. The van der Waals surface area contributed by atoms with E-state index in [1.54, 1.807) is 36.4 Å². The van der Waals surface area contributed by atoms with Crippen LogP contribution in [0.1, 0.15) is 10.4 Å². The highest BCUT2D eigenvalue weighted by atomic mass is 79.9. The van der Waals surface area contributed by atoms with Gasteiger partial charge < -0.3 is 5.32 Å². The Hall–Kier alpha value is -0.740. The summed E-state index contributed by atoms with van der Waals surface area (Å²) in [6.45, 7) is 0. The molecule has 0 radical (unpaired) electrons. The molecule has 0 bridgehead atoms. The minimum atomic E-state index is -0.307. The topological polar surface area (TPSA) is 29.1 Å². The van der Waals surface area contributed by atoms with Crippen molar-refractivity contribution in [3.63, 3.8) is 0 Å². The summed E-state index contributed by atoms with van der Waals surface area (Å²) in [6, 6.07) is 9.96. The zero-order valence-electron chi connectivity index (χ0n) is 9.38. The monoisotopic (exact) mass is 377 g/mol. The predicted octanol–water partition coefficient (Wildman–Crippen LogP) is 5.66. The summed E-state index contributed by atoms with van der Waals surface area (Å²) in [4.78, 5) is 12.1. The molecule has 0 aliphatic carbocycles. The lowest BCUT2D eigenvalue weighted by Gasteiger charge is -2.08. The highest BCUT2D eigenvalue weighted by Gasteiger charge is 2.11. The molecule has 6 heteroatoms. The molecule has 0 unspecified atom stereocenters. The minimum Gasteiger partial charge on any atom is -0.321 e. The molecule has 0 fully saturated rings. The highest BCUT2D eigenvalue weighted by Crippen LogP contribution is 2.30. The Bertz CT molecular complexity index is 646. The SMILES string of the molecule is O=C(Nc1cccc(Cl)c1Cl)c1ccc(Br)c(Cl)c1. The zero-order chi connectivity index (χ0) is 14.0. The van der Waals surface area contributed by atoms with Crippen LogP contribution in [0, 0.1) is 0 Å². The van der Waals surface area contributed by atoms with Gasteiger partial charge in [0.1, 0.15) is 0 Å². The van der Waals surface area contributed by atoms with Gasteiger partial charge in [0, 0.05) is 10.0 Å². The van der Waals surface area contributed by atoms with Gasteiger partial charge in [-0.2, -0.15) is 0 Å². The van der Waals surface area contributed by atoms with Gasteiger partial charge in [0.15, 0.2) is 0 Å². The first-order chi connectivity index (χ1) is 8.99. The fourth-order valence-electron chi connectivity index (χ4n) is 1.43. The van der Waals surface area contributed by atoms with Crippen LogP contribution >= 0.6 is 50.7 Å². The van der Waals surface area contributed by atoms with Crippen molar-refractivity contribution < 1.29 is 4.79 Å². The second kappa shape index (κ2) is 6.14. The molecular weight excluding hydrogens is 372 g/mol. The molecule has 1 amide bonds. The molecule has 0 atom stereocenters. The first-order valence-corrected chi connectivity index (χ1v) is 7.12. The molecule has 0 spiro atoms. The van der Waals surface area contributed by atoms with Gasteiger partial charge in [-0.05, 0) is 46.3 Å². The Balaban J connectivity index is 2.26. The molecule has 0 saturated heterocycles. The maximum absolute atomic E-state index is 12.1. The average Bonchev–Trinajstić information content (AvgIpc) is 2.38. The van der Waals surface area contributed by atoms with E-state index in [2.05, 4.69) is 21.2 Å². The lowest BCUT2D eigenvalue weighted by Crippen LogP contribution is -2.12. The van der Waals surface area contributed by atoms with Crippen LogP contribution in [0.15, 0.2) is 40.9 Å². The van der Waals surface area contributed by atoms with Gasteiger partial charge in [-0.1, -0.05) is 40.9 Å². The summed E-state index contributed by atoms with van der Waals surface area (Å²) < 4.78 is 0.728. The normalized spacial score (nSPS) is 10.3. The second-order valence-corrected chi connectivity index (χ2v) is 5.73. The van der Waals surface area contributed by atoms with Gasteiger partial charge in [0.05, 0.1) is 20.8 Å². The summed E-state index contributed by atoms with van der Waals surface area (Å²) in [5.74, 6) is -0.307. The second-order valence-electron chi connectivity index (χ2n) is 3.68. The lowest BCUT2D eigenvalue weighted by molar-refractivity contribution is 0.102. The third kappa shape index (κ3) is 3.42. The Kier molecular flexibility index (Phi) is 4.74. The molecule has 2 rings (SSSR count). The number of amides is 1. The maximum Gasteiger partial charge on any atom is 0.255 e. The molecule has 19 heavy (non-hydrogen) atoms. The first kappa shape index (κ1) is 14.7. The molecular formula is C13H7BrCl3NO. The lowest BCUT2D eigenvalue weighted by atomic mass is 10.2. The molecule has 0 heterocycles. The number of halogens is 4. The van der Waals surface area contributed by atoms with Crippen molar-refractivity contribution in [3.8, 4) is 0 Å². The van der Waals surface area contributed by atoms with Crippen LogP contribution in [0.25, 0.3) is 0 Å². The van der Waals surface area contributed by atoms with Crippen LogP contribution < -0.4 is 5.32 Å². The number of carbonyl (C=O) groups is 1. The van der Waals surface area contributed by atoms with E-state index in [0.29, 0.717) is 26.3 Å². The minimum absolute atomic E-state index is 0.306. The number of nitrogens with one attached hydrogen (secondary N) is 1. The molecule has 2 aromatic carbocycles. The standard InChI is InChI=1S/C13H7BrCl3NO/c14-8-5-4-7(6-10(8)16)13(19)18-11-3-1-2-9(15)12(11)17/h1-6H,(H,18,19). The Morgan fingerprint density at radius 3 is 2.47 bits per heavy atom. The summed E-state index contributed by atoms with van der Waals surface area (Å²) in [5.41, 5.74) is 0.891. The Morgan fingerprint density at radius 1 is 1.05 bits per heavy atom. The van der Waals surface area contributed by atoms with Gasteiger partial charge in [0.2, 0.25) is 0 Å². The molecule has 2 nitrogen and oxygen atoms in total. The third-order valence-electron chi connectivity index (χ3n) is 2.38. The van der Waals surface area contributed by atoms with Gasteiger partial charge in [-0.3, -0.25) is 4.79 Å². The van der Waals surface area contributed by atoms with Crippen LogP contribution in [-0.2, 0) is 0 Å². The fraction of sp³-hybridized carbons (Fsp3) is 0. The molecule has 1 N–H and O–H groups in total. The van der Waals surface area contributed by atoms with E-state index in [-0.39, 0.29) is 5.91 Å². The van der Waals surface area contributed by atoms with E-state index in [1.165, 1.54) is 0 Å². The van der Waals surface area contributed by atoms with E-state index in [9.17, 15) is 4.79 Å². The summed E-state index contributed by atoms with van der Waals surface area (Å²) in [5, 5.41) is 3.84.